The Balaban J connectivity index is -0.000000180. The molecule has 1 aromatic heterocycles. The average molecular weight is 240 g/mol. The highest BCUT2D eigenvalue weighted by Crippen LogP contribution is 1.92. The summed E-state index contributed by atoms with van der Waals surface area (Å²) < 4.78 is 0. The van der Waals surface area contributed by atoms with Crippen molar-refractivity contribution in [2.24, 2.45) is 0 Å². The number of nitrogen functional groups attached to an aromatic ring is 1. The minimum Gasteiger partial charge on any atom is -1.00 e. The zero-order chi connectivity index (χ0) is 9.56. The van der Waals surface area contributed by atoms with E-state index in [1.165, 1.54) is 10.5 Å². The van der Waals surface area contributed by atoms with Gasteiger partial charge in [0.1, 0.15) is 0 Å². The lowest BCUT2D eigenvalue weighted by molar-refractivity contribution is -0.836. The number of H-pyrrole nitrogens is 1. The fourth-order valence-corrected chi connectivity index (χ4v) is 0.515. The molecule has 0 spiro atoms. The minimum absolute atomic E-state index is 0. The largest absolute Gasteiger partial charge is 1.00 e. The van der Waals surface area contributed by atoms with Crippen LogP contribution >= 0.6 is 0 Å². The molecule has 14 heavy (non-hydrogen) atoms. The number of aromatic amines is 1. The lowest BCUT2D eigenvalue weighted by atomic mass is 10.3. The fourth-order valence-electron chi connectivity index (χ4n) is 0.515. The predicted molar refractivity (Wildman–Crippen MR) is 50.9 cm³/mol. The summed E-state index contributed by atoms with van der Waals surface area (Å²) in [4.78, 5) is 4.29. The number of hydrogen-bond donors (Lipinski definition) is 2. The summed E-state index contributed by atoms with van der Waals surface area (Å²) >= 11 is 0. The van der Waals surface area contributed by atoms with E-state index in [0.717, 1.165) is 0 Å². The van der Waals surface area contributed by atoms with Crippen LogP contribution in [0.2, 0.25) is 0 Å². The van der Waals surface area contributed by atoms with Crippen molar-refractivity contribution in [2.75, 3.05) is 26.9 Å². The van der Waals surface area contributed by atoms with E-state index in [9.17, 15) is 0 Å². The molecule has 1 heterocycles. The number of quaternary nitrogens is 1. The maximum Gasteiger partial charge on any atom is 0.270 e. The van der Waals surface area contributed by atoms with Crippen LogP contribution in [-0.2, 0) is 0 Å². The zero-order valence-electron chi connectivity index (χ0n) is 9.07. The third-order valence-electron chi connectivity index (χ3n) is 0.992. The molecule has 0 radical (unpaired) electrons. The Morgan fingerprint density at radius 3 is 1.79 bits per heavy atom. The topological polar surface area (TPSA) is 44.6 Å². The Morgan fingerprint density at radius 2 is 1.57 bits per heavy atom. The summed E-state index contributed by atoms with van der Waals surface area (Å²) in [6.45, 7) is 2.01. The molecular formula is C9H19Cl2N3. The Bertz CT molecular complexity index is 188. The van der Waals surface area contributed by atoms with E-state index in [-0.39, 0.29) is 24.8 Å². The first kappa shape index (κ1) is 19.1. The second kappa shape index (κ2) is 10.6. The summed E-state index contributed by atoms with van der Waals surface area (Å²) in [7, 11) is 6.25. The SMILES string of the molecule is C[NH+](C)C.Cc1ccc(N)[nH+]c1.[Cl-].[Cl-]. The van der Waals surface area contributed by atoms with Gasteiger partial charge in [0.15, 0.2) is 0 Å². The number of aromatic nitrogens is 1. The Hall–Kier alpha value is -0.510. The number of anilines is 1. The maximum atomic E-state index is 5.37. The van der Waals surface area contributed by atoms with Crippen LogP contribution in [0, 0.1) is 6.92 Å². The van der Waals surface area contributed by atoms with Crippen molar-refractivity contribution in [3.05, 3.63) is 23.9 Å². The molecule has 4 N–H and O–H groups in total. The highest BCUT2D eigenvalue weighted by molar-refractivity contribution is 5.21. The molecule has 0 fully saturated rings. The molecule has 0 atom stereocenters. The van der Waals surface area contributed by atoms with Crippen LogP contribution in [-0.4, -0.2) is 21.1 Å². The van der Waals surface area contributed by atoms with Crippen LogP contribution in [0.15, 0.2) is 18.3 Å². The number of nitrogens with two attached hydrogens (primary N) is 1. The lowest BCUT2D eigenvalue weighted by Gasteiger charge is -1.88. The number of halogens is 2. The van der Waals surface area contributed by atoms with Gasteiger partial charge in [0.2, 0.25) is 0 Å². The number of rotatable bonds is 0. The van der Waals surface area contributed by atoms with E-state index < -0.39 is 0 Å². The first-order valence-corrected chi connectivity index (χ1v) is 4.03. The molecular weight excluding hydrogens is 221 g/mol. The van der Waals surface area contributed by atoms with Crippen LogP contribution in [0.4, 0.5) is 5.82 Å². The highest BCUT2D eigenvalue weighted by atomic mass is 35.5. The number of hydrogen-bond acceptors (Lipinski definition) is 1. The van der Waals surface area contributed by atoms with Gasteiger partial charge in [-0.3, -0.25) is 5.73 Å². The van der Waals surface area contributed by atoms with Crippen molar-refractivity contribution in [3.63, 3.8) is 0 Å². The van der Waals surface area contributed by atoms with Crippen LogP contribution < -0.4 is 40.4 Å². The molecule has 0 saturated heterocycles. The van der Waals surface area contributed by atoms with Gasteiger partial charge in [0.05, 0.1) is 27.3 Å². The summed E-state index contributed by atoms with van der Waals surface area (Å²) in [5.41, 5.74) is 6.56. The van der Waals surface area contributed by atoms with E-state index in [1.807, 2.05) is 25.3 Å². The van der Waals surface area contributed by atoms with Gasteiger partial charge in [-0.05, 0) is 18.6 Å². The summed E-state index contributed by atoms with van der Waals surface area (Å²) in [6.07, 6.45) is 1.87. The predicted octanol–water partition coefficient (Wildman–Crippen LogP) is -6.84. The molecule has 0 aliphatic heterocycles. The van der Waals surface area contributed by atoms with Gasteiger partial charge in [0, 0.05) is 6.07 Å². The third kappa shape index (κ3) is 14.0. The van der Waals surface area contributed by atoms with Gasteiger partial charge in [-0.2, -0.15) is 0 Å². The number of aryl methyl sites for hydroxylation is 1. The van der Waals surface area contributed by atoms with Crippen LogP contribution in [0.1, 0.15) is 5.56 Å². The smallest absolute Gasteiger partial charge is 0.270 e. The Labute approximate surface area is 98.5 Å². The van der Waals surface area contributed by atoms with Crippen molar-refractivity contribution in [3.8, 4) is 0 Å². The molecule has 84 valence electrons. The lowest BCUT2D eigenvalue weighted by Crippen LogP contribution is -3.02. The van der Waals surface area contributed by atoms with Gasteiger partial charge < -0.3 is 29.7 Å². The van der Waals surface area contributed by atoms with Crippen LogP contribution in [0.3, 0.4) is 0 Å². The average Bonchev–Trinajstić information content (AvgIpc) is 1.94. The number of pyridine rings is 1. The van der Waals surface area contributed by atoms with Crippen molar-refractivity contribution in [1.82, 2.24) is 0 Å². The van der Waals surface area contributed by atoms with E-state index in [0.29, 0.717) is 5.82 Å². The molecule has 3 nitrogen and oxygen atoms in total. The standard InChI is InChI=1S/C6H8N2.C3H9N.2ClH/c1-5-2-3-6(7)8-4-5;1-4(2)3;;/h2-4H,1H3,(H2,7,8);1-3H3;2*1H. The minimum atomic E-state index is 0. The van der Waals surface area contributed by atoms with E-state index in [1.54, 1.807) is 0 Å². The van der Waals surface area contributed by atoms with Crippen LogP contribution in [0.5, 0.6) is 0 Å². The van der Waals surface area contributed by atoms with Gasteiger partial charge in [-0.15, -0.1) is 0 Å². The monoisotopic (exact) mass is 239 g/mol. The van der Waals surface area contributed by atoms with Gasteiger partial charge in [0.25, 0.3) is 5.82 Å². The van der Waals surface area contributed by atoms with E-state index >= 15 is 0 Å². The van der Waals surface area contributed by atoms with E-state index in [2.05, 4.69) is 26.1 Å². The highest BCUT2D eigenvalue weighted by Gasteiger charge is 1.87. The molecule has 1 aromatic rings. The van der Waals surface area contributed by atoms with Crippen molar-refractivity contribution in [1.29, 1.82) is 0 Å². The first-order valence-electron chi connectivity index (χ1n) is 4.03. The normalized spacial score (nSPS) is 7.79. The van der Waals surface area contributed by atoms with Gasteiger partial charge in [-0.1, -0.05) is 0 Å². The zero-order valence-corrected chi connectivity index (χ0v) is 10.6. The quantitative estimate of drug-likeness (QED) is 0.465. The molecule has 0 aromatic carbocycles. The van der Waals surface area contributed by atoms with Gasteiger partial charge in [-0.25, -0.2) is 4.98 Å². The summed E-state index contributed by atoms with van der Waals surface area (Å²) in [5.74, 6) is 0.704. The van der Waals surface area contributed by atoms with Crippen molar-refractivity contribution in [2.45, 2.75) is 6.92 Å². The third-order valence-corrected chi connectivity index (χ3v) is 0.992. The molecule has 0 aliphatic carbocycles. The van der Waals surface area contributed by atoms with Crippen molar-refractivity contribution < 1.29 is 34.7 Å². The molecule has 0 unspecified atom stereocenters. The van der Waals surface area contributed by atoms with E-state index in [4.69, 9.17) is 5.73 Å². The first-order chi connectivity index (χ1) is 5.52. The number of nitrogens with one attached hydrogen (secondary N) is 2. The molecule has 0 bridgehead atoms. The summed E-state index contributed by atoms with van der Waals surface area (Å²) in [6, 6.07) is 3.81. The molecule has 0 aliphatic rings. The summed E-state index contributed by atoms with van der Waals surface area (Å²) in [5, 5.41) is 0. The van der Waals surface area contributed by atoms with Crippen molar-refractivity contribution >= 4 is 5.82 Å². The van der Waals surface area contributed by atoms with Crippen LogP contribution in [0.25, 0.3) is 0 Å². The molecule has 0 amide bonds. The second-order valence-electron chi connectivity index (χ2n) is 3.32. The second-order valence-corrected chi connectivity index (χ2v) is 3.32. The maximum absolute atomic E-state index is 5.37. The van der Waals surface area contributed by atoms with Gasteiger partial charge >= 0.3 is 0 Å². The Morgan fingerprint density at radius 1 is 1.14 bits per heavy atom. The fraction of sp³-hybridized carbons (Fsp3) is 0.444. The molecule has 0 saturated carbocycles. The molecule has 5 heteroatoms. The molecule has 1 rings (SSSR count). The Kier molecular flexibility index (Phi) is 14.4.